The van der Waals surface area contributed by atoms with Gasteiger partial charge in [0.2, 0.25) is 0 Å². The van der Waals surface area contributed by atoms with Gasteiger partial charge in [0.25, 0.3) is 0 Å². The second-order valence-electron chi connectivity index (χ2n) is 2.47. The molecule has 0 aromatic heterocycles. The third kappa shape index (κ3) is 3.75. The molecule has 3 heteroatoms. The molecule has 0 saturated heterocycles. The summed E-state index contributed by atoms with van der Waals surface area (Å²) in [4.78, 5) is 10.7. The Balaban J connectivity index is 3.77. The summed E-state index contributed by atoms with van der Waals surface area (Å²) < 4.78 is 16.4. The van der Waals surface area contributed by atoms with Gasteiger partial charge < -0.3 is 4.74 Å². The third-order valence-electron chi connectivity index (χ3n) is 1.57. The van der Waals surface area contributed by atoms with Crippen molar-refractivity contribution >= 4 is 5.97 Å². The summed E-state index contributed by atoms with van der Waals surface area (Å²) in [6.07, 6.45) is 0.208. The second-order valence-corrected chi connectivity index (χ2v) is 2.47. The number of esters is 1. The molecule has 2 nitrogen and oxygen atoms in total. The summed E-state index contributed by atoms with van der Waals surface area (Å²) >= 11 is 0. The van der Waals surface area contributed by atoms with Crippen LogP contribution in [0, 0.1) is 5.92 Å². The molecule has 0 rings (SSSR count). The number of carbonyl (C=O) groups is 1. The summed E-state index contributed by atoms with van der Waals surface area (Å²) in [5.74, 6) is -0.459. The highest BCUT2D eigenvalue weighted by Crippen LogP contribution is 2.13. The van der Waals surface area contributed by atoms with Crippen LogP contribution < -0.4 is 0 Å². The minimum atomic E-state index is -0.571. The van der Waals surface area contributed by atoms with Gasteiger partial charge >= 0.3 is 5.97 Å². The maximum absolute atomic E-state index is 11.9. The van der Waals surface area contributed by atoms with Gasteiger partial charge in [-0.2, -0.15) is 0 Å². The predicted molar refractivity (Wildman–Crippen MR) is 40.9 cm³/mol. The lowest BCUT2D eigenvalue weighted by Crippen LogP contribution is -2.09. The molecule has 1 unspecified atom stereocenters. The summed E-state index contributed by atoms with van der Waals surface area (Å²) in [6.45, 7) is 4.66. The lowest BCUT2D eigenvalue weighted by atomic mass is 10.0. The number of halogens is 1. The zero-order valence-corrected chi connectivity index (χ0v) is 6.89. The molecule has 0 aromatic carbocycles. The van der Waals surface area contributed by atoms with Gasteiger partial charge in [-0.15, -0.1) is 0 Å². The van der Waals surface area contributed by atoms with Crippen molar-refractivity contribution < 1.29 is 13.9 Å². The molecule has 0 aliphatic heterocycles. The number of rotatable bonds is 4. The van der Waals surface area contributed by atoms with E-state index in [9.17, 15) is 9.18 Å². The quantitative estimate of drug-likeness (QED) is 0.462. The predicted octanol–water partition coefficient (Wildman–Crippen LogP) is 1.71. The first kappa shape index (κ1) is 10.1. The standard InChI is InChI=1S/C8H13FO2/c1-6(7(2)5-9)4-8(10)11-3/h6H,2,4-5H2,1,3H3. The Hall–Kier alpha value is -0.860. The zero-order chi connectivity index (χ0) is 8.85. The van der Waals surface area contributed by atoms with E-state index in [1.54, 1.807) is 6.92 Å². The molecule has 0 heterocycles. The Kier molecular flexibility index (Phi) is 4.50. The smallest absolute Gasteiger partial charge is 0.306 e. The summed E-state index contributed by atoms with van der Waals surface area (Å²) in [6, 6.07) is 0. The Morgan fingerprint density at radius 3 is 2.64 bits per heavy atom. The first-order valence-corrected chi connectivity index (χ1v) is 3.42. The van der Waals surface area contributed by atoms with Crippen molar-refractivity contribution in [1.29, 1.82) is 0 Å². The van der Waals surface area contributed by atoms with Crippen molar-refractivity contribution in [2.75, 3.05) is 13.8 Å². The van der Waals surface area contributed by atoms with Crippen molar-refractivity contribution in [3.8, 4) is 0 Å². The highest BCUT2D eigenvalue weighted by atomic mass is 19.1. The lowest BCUT2D eigenvalue weighted by molar-refractivity contribution is -0.141. The first-order valence-electron chi connectivity index (χ1n) is 3.42. The SMILES string of the molecule is C=C(CF)C(C)CC(=O)OC. The van der Waals surface area contributed by atoms with E-state index >= 15 is 0 Å². The molecule has 0 aliphatic rings. The number of hydrogen-bond donors (Lipinski definition) is 0. The average Bonchev–Trinajstić information content (AvgIpc) is 2.02. The van der Waals surface area contributed by atoms with E-state index in [0.29, 0.717) is 5.57 Å². The fourth-order valence-corrected chi connectivity index (χ4v) is 0.609. The molecular weight excluding hydrogens is 147 g/mol. The van der Waals surface area contributed by atoms with Gasteiger partial charge in [-0.1, -0.05) is 13.5 Å². The van der Waals surface area contributed by atoms with Crippen LogP contribution in [-0.2, 0) is 9.53 Å². The normalized spacial score (nSPS) is 12.3. The molecule has 1 atom stereocenters. The number of hydrogen-bond acceptors (Lipinski definition) is 2. The van der Waals surface area contributed by atoms with Gasteiger partial charge in [-0.05, 0) is 11.5 Å². The highest BCUT2D eigenvalue weighted by molar-refractivity contribution is 5.69. The Labute approximate surface area is 66.0 Å². The maximum atomic E-state index is 11.9. The number of carbonyl (C=O) groups excluding carboxylic acids is 1. The number of methoxy groups -OCH3 is 1. The number of alkyl halides is 1. The summed E-state index contributed by atoms with van der Waals surface area (Å²) in [5, 5.41) is 0. The summed E-state index contributed by atoms with van der Waals surface area (Å²) in [5.41, 5.74) is 0.440. The third-order valence-corrected chi connectivity index (χ3v) is 1.57. The van der Waals surface area contributed by atoms with Crippen LogP contribution in [0.1, 0.15) is 13.3 Å². The van der Waals surface area contributed by atoms with Crippen LogP contribution in [0.5, 0.6) is 0 Å². The molecular formula is C8H13FO2. The highest BCUT2D eigenvalue weighted by Gasteiger charge is 2.11. The largest absolute Gasteiger partial charge is 0.469 e. The van der Waals surface area contributed by atoms with Gasteiger partial charge in [0, 0.05) is 0 Å². The molecule has 0 aliphatic carbocycles. The van der Waals surface area contributed by atoms with Crippen LogP contribution in [0.2, 0.25) is 0 Å². The van der Waals surface area contributed by atoms with Crippen LogP contribution >= 0.6 is 0 Å². The first-order chi connectivity index (χ1) is 5.11. The molecule has 0 bridgehead atoms. The molecule has 0 N–H and O–H groups in total. The Bertz CT molecular complexity index is 154. The van der Waals surface area contributed by atoms with E-state index in [1.165, 1.54) is 7.11 Å². The molecule has 0 radical (unpaired) electrons. The number of ether oxygens (including phenoxy) is 1. The van der Waals surface area contributed by atoms with E-state index in [0.717, 1.165) is 0 Å². The van der Waals surface area contributed by atoms with E-state index < -0.39 is 6.67 Å². The van der Waals surface area contributed by atoms with E-state index in [2.05, 4.69) is 11.3 Å². The number of allylic oxidation sites excluding steroid dienone is 1. The molecule has 0 aromatic rings. The van der Waals surface area contributed by atoms with Gasteiger partial charge in [-0.3, -0.25) is 4.79 Å². The van der Waals surface area contributed by atoms with Crippen molar-refractivity contribution in [3.05, 3.63) is 12.2 Å². The van der Waals surface area contributed by atoms with Gasteiger partial charge in [0.05, 0.1) is 13.5 Å². The van der Waals surface area contributed by atoms with E-state index in [1.807, 2.05) is 0 Å². The minimum Gasteiger partial charge on any atom is -0.469 e. The molecule has 64 valence electrons. The molecule has 0 fully saturated rings. The molecule has 0 amide bonds. The fourth-order valence-electron chi connectivity index (χ4n) is 0.609. The zero-order valence-electron chi connectivity index (χ0n) is 6.89. The van der Waals surface area contributed by atoms with Gasteiger partial charge in [-0.25, -0.2) is 4.39 Å². The molecule has 11 heavy (non-hydrogen) atoms. The van der Waals surface area contributed by atoms with Crippen molar-refractivity contribution in [1.82, 2.24) is 0 Å². The molecule has 0 spiro atoms. The Morgan fingerprint density at radius 2 is 2.27 bits per heavy atom. The monoisotopic (exact) mass is 160 g/mol. The lowest BCUT2D eigenvalue weighted by Gasteiger charge is -2.09. The van der Waals surface area contributed by atoms with E-state index in [4.69, 9.17) is 0 Å². The van der Waals surface area contributed by atoms with Crippen LogP contribution in [0.25, 0.3) is 0 Å². The van der Waals surface area contributed by atoms with Crippen molar-refractivity contribution in [2.45, 2.75) is 13.3 Å². The molecule has 0 saturated carbocycles. The van der Waals surface area contributed by atoms with Crippen LogP contribution in [0.4, 0.5) is 4.39 Å². The average molecular weight is 160 g/mol. The second kappa shape index (κ2) is 4.88. The van der Waals surface area contributed by atoms with Crippen LogP contribution in [0.15, 0.2) is 12.2 Å². The van der Waals surface area contributed by atoms with E-state index in [-0.39, 0.29) is 18.3 Å². The van der Waals surface area contributed by atoms with Crippen LogP contribution in [-0.4, -0.2) is 19.8 Å². The fraction of sp³-hybridized carbons (Fsp3) is 0.625. The van der Waals surface area contributed by atoms with Crippen LogP contribution in [0.3, 0.4) is 0 Å². The van der Waals surface area contributed by atoms with Crippen molar-refractivity contribution in [2.24, 2.45) is 5.92 Å². The topological polar surface area (TPSA) is 26.3 Å². The van der Waals surface area contributed by atoms with Gasteiger partial charge in [0.15, 0.2) is 0 Å². The Morgan fingerprint density at radius 1 is 1.73 bits per heavy atom. The van der Waals surface area contributed by atoms with Crippen molar-refractivity contribution in [3.63, 3.8) is 0 Å². The summed E-state index contributed by atoms with van der Waals surface area (Å²) in [7, 11) is 1.31. The van der Waals surface area contributed by atoms with Gasteiger partial charge in [0.1, 0.15) is 6.67 Å². The maximum Gasteiger partial charge on any atom is 0.306 e. The minimum absolute atomic E-state index is 0.132.